The fourth-order valence-electron chi connectivity index (χ4n) is 2.96. The molecule has 4 rings (SSSR count). The van der Waals surface area contributed by atoms with Crippen molar-refractivity contribution in [2.24, 2.45) is 0 Å². The Bertz CT molecular complexity index is 972. The van der Waals surface area contributed by atoms with Crippen LogP contribution >= 0.6 is 0 Å². The Morgan fingerprint density at radius 1 is 1.11 bits per heavy atom. The summed E-state index contributed by atoms with van der Waals surface area (Å²) in [7, 11) is 0. The maximum Gasteiger partial charge on any atom is 0.416 e. The lowest BCUT2D eigenvalue weighted by molar-refractivity contribution is -0.137. The van der Waals surface area contributed by atoms with Crippen molar-refractivity contribution >= 4 is 0 Å². The predicted molar refractivity (Wildman–Crippen MR) is 88.2 cm³/mol. The largest absolute Gasteiger partial charge is 0.473 e. The highest BCUT2D eigenvalue weighted by atomic mass is 19.4. The molecule has 140 valence electrons. The first-order valence-corrected chi connectivity index (χ1v) is 8.23. The Morgan fingerprint density at radius 3 is 2.41 bits per heavy atom. The monoisotopic (exact) mass is 377 g/mol. The second-order valence-electron chi connectivity index (χ2n) is 6.34. The molecule has 1 aliphatic carbocycles. The van der Waals surface area contributed by atoms with Gasteiger partial charge in [0.25, 0.3) is 5.56 Å². The highest BCUT2D eigenvalue weighted by Crippen LogP contribution is 2.40. The minimum atomic E-state index is -4.32. The molecular formula is C18H14F3N3O3. The molecule has 1 aromatic carbocycles. The van der Waals surface area contributed by atoms with E-state index in [2.05, 4.69) is 15.1 Å². The molecule has 0 aliphatic heterocycles. The van der Waals surface area contributed by atoms with Crippen molar-refractivity contribution in [2.45, 2.75) is 31.0 Å². The van der Waals surface area contributed by atoms with Gasteiger partial charge in [0.1, 0.15) is 11.8 Å². The average molecular weight is 377 g/mol. The van der Waals surface area contributed by atoms with Crippen LogP contribution in [0.1, 0.15) is 29.9 Å². The first kappa shape index (κ1) is 17.3. The molecule has 1 fully saturated rings. The molecule has 0 spiro atoms. The topological polar surface area (TPSA) is 81.0 Å². The van der Waals surface area contributed by atoms with Crippen LogP contribution in [-0.4, -0.2) is 21.2 Å². The van der Waals surface area contributed by atoms with E-state index in [-0.39, 0.29) is 23.3 Å². The van der Waals surface area contributed by atoms with E-state index in [1.165, 1.54) is 30.6 Å². The van der Waals surface area contributed by atoms with Gasteiger partial charge in [-0.15, -0.1) is 0 Å². The van der Waals surface area contributed by atoms with E-state index in [1.807, 2.05) is 0 Å². The maximum absolute atomic E-state index is 12.6. The van der Waals surface area contributed by atoms with Gasteiger partial charge in [-0.1, -0.05) is 12.1 Å². The average Bonchev–Trinajstić information content (AvgIpc) is 3.04. The van der Waals surface area contributed by atoms with Crippen molar-refractivity contribution < 1.29 is 22.4 Å². The molecule has 2 heterocycles. The van der Waals surface area contributed by atoms with Crippen LogP contribution in [0.15, 0.2) is 52.0 Å². The van der Waals surface area contributed by atoms with Gasteiger partial charge in [-0.25, -0.2) is 9.97 Å². The van der Waals surface area contributed by atoms with E-state index < -0.39 is 11.7 Å². The molecule has 0 bridgehead atoms. The smallest absolute Gasteiger partial charge is 0.416 e. The summed E-state index contributed by atoms with van der Waals surface area (Å²) in [4.78, 5) is 19.3. The highest BCUT2D eigenvalue weighted by Gasteiger charge is 2.34. The lowest BCUT2D eigenvalue weighted by Gasteiger charge is -2.35. The number of halogens is 3. The van der Waals surface area contributed by atoms with E-state index >= 15 is 0 Å². The Labute approximate surface area is 151 Å². The zero-order valence-electron chi connectivity index (χ0n) is 13.9. The molecule has 0 atom stereocenters. The minimum absolute atomic E-state index is 0.0670. The summed E-state index contributed by atoms with van der Waals surface area (Å²) in [6.45, 7) is 0. The molecular weight excluding hydrogens is 363 g/mol. The molecule has 0 radical (unpaired) electrons. The van der Waals surface area contributed by atoms with Crippen LogP contribution in [0, 0.1) is 0 Å². The molecule has 27 heavy (non-hydrogen) atoms. The molecule has 2 aromatic heterocycles. The lowest BCUT2D eigenvalue weighted by atomic mass is 9.77. The number of aromatic nitrogens is 3. The summed E-state index contributed by atoms with van der Waals surface area (Å²) < 4.78 is 48.5. The second kappa shape index (κ2) is 6.57. The Kier molecular flexibility index (Phi) is 4.21. The van der Waals surface area contributed by atoms with Gasteiger partial charge in [-0.05, 0) is 36.5 Å². The Balaban J connectivity index is 1.33. The number of alkyl halides is 3. The van der Waals surface area contributed by atoms with Crippen LogP contribution in [0.25, 0.3) is 11.5 Å². The number of nitrogens with zero attached hydrogens (tertiary/aromatic N) is 2. The first-order valence-electron chi connectivity index (χ1n) is 8.23. The van der Waals surface area contributed by atoms with E-state index in [0.29, 0.717) is 24.4 Å². The van der Waals surface area contributed by atoms with Crippen LogP contribution in [0.3, 0.4) is 0 Å². The van der Waals surface area contributed by atoms with Gasteiger partial charge in [-0.3, -0.25) is 4.79 Å². The van der Waals surface area contributed by atoms with Crippen LogP contribution in [0.5, 0.6) is 5.88 Å². The number of benzene rings is 1. The van der Waals surface area contributed by atoms with E-state index in [1.54, 1.807) is 0 Å². The number of nitrogens with one attached hydrogen (secondary N) is 1. The normalized spacial score (nSPS) is 19.5. The van der Waals surface area contributed by atoms with Crippen molar-refractivity contribution in [2.75, 3.05) is 0 Å². The third-order valence-corrected chi connectivity index (χ3v) is 4.50. The molecule has 1 N–H and O–H groups in total. The summed E-state index contributed by atoms with van der Waals surface area (Å²) in [6.07, 6.45) is -0.121. The summed E-state index contributed by atoms with van der Waals surface area (Å²) in [5.74, 6) is 0.788. The van der Waals surface area contributed by atoms with Crippen molar-refractivity contribution in [3.63, 3.8) is 0 Å². The lowest BCUT2D eigenvalue weighted by Crippen LogP contribution is -2.32. The van der Waals surface area contributed by atoms with Crippen LogP contribution in [0.2, 0.25) is 0 Å². The molecule has 0 amide bonds. The third kappa shape index (κ3) is 3.71. The zero-order chi connectivity index (χ0) is 19.0. The van der Waals surface area contributed by atoms with Crippen LogP contribution in [0.4, 0.5) is 13.2 Å². The molecule has 6 nitrogen and oxygen atoms in total. The quantitative estimate of drug-likeness (QED) is 0.749. The van der Waals surface area contributed by atoms with Crippen molar-refractivity contribution in [1.29, 1.82) is 0 Å². The summed E-state index contributed by atoms with van der Waals surface area (Å²) in [6, 6.07) is 6.51. The van der Waals surface area contributed by atoms with E-state index in [9.17, 15) is 18.0 Å². The highest BCUT2D eigenvalue weighted by molar-refractivity contribution is 5.49. The number of hydrogen-bond acceptors (Lipinski definition) is 5. The van der Waals surface area contributed by atoms with Gasteiger partial charge in [0.05, 0.1) is 24.0 Å². The number of H-pyrrole nitrogens is 1. The SMILES string of the molecule is O=c1cc(-c2cnc(OC3CC(c4ccc(C(F)(F)F)cc4)C3)cn2)o[nH]1. The maximum atomic E-state index is 12.6. The second-order valence-corrected chi connectivity index (χ2v) is 6.34. The van der Waals surface area contributed by atoms with Crippen LogP contribution in [-0.2, 0) is 6.18 Å². The minimum Gasteiger partial charge on any atom is -0.473 e. The third-order valence-electron chi connectivity index (χ3n) is 4.50. The summed E-state index contributed by atoms with van der Waals surface area (Å²) >= 11 is 0. The van der Waals surface area contributed by atoms with Gasteiger partial charge < -0.3 is 9.26 Å². The fraction of sp³-hybridized carbons (Fsp3) is 0.278. The molecule has 0 unspecified atom stereocenters. The van der Waals surface area contributed by atoms with Crippen molar-refractivity contribution in [3.8, 4) is 17.3 Å². The van der Waals surface area contributed by atoms with Gasteiger partial charge >= 0.3 is 6.18 Å². The van der Waals surface area contributed by atoms with Crippen LogP contribution < -0.4 is 10.3 Å². The molecule has 1 saturated carbocycles. The van der Waals surface area contributed by atoms with Crippen molar-refractivity contribution in [1.82, 2.24) is 15.1 Å². The van der Waals surface area contributed by atoms with Crippen molar-refractivity contribution in [3.05, 3.63) is 64.2 Å². The number of aromatic amines is 1. The standard InChI is InChI=1S/C18H14F3N3O3/c19-18(20,21)12-3-1-10(2-4-12)11-5-13(6-11)26-17-9-22-14(8-23-17)15-7-16(25)24-27-15/h1-4,7-9,11,13H,5-6H2,(H,24,25). The first-order chi connectivity index (χ1) is 12.9. The van der Waals surface area contributed by atoms with E-state index in [4.69, 9.17) is 9.26 Å². The van der Waals surface area contributed by atoms with E-state index in [0.717, 1.165) is 17.7 Å². The Hall–Kier alpha value is -3.10. The van der Waals surface area contributed by atoms with Gasteiger partial charge in [0.15, 0.2) is 5.76 Å². The molecule has 0 saturated heterocycles. The Morgan fingerprint density at radius 2 is 1.85 bits per heavy atom. The number of rotatable bonds is 4. The number of ether oxygens (including phenoxy) is 1. The molecule has 9 heteroatoms. The van der Waals surface area contributed by atoms with Gasteiger partial charge in [0, 0.05) is 0 Å². The van der Waals surface area contributed by atoms with Gasteiger partial charge in [-0.2, -0.15) is 18.3 Å². The molecule has 3 aromatic rings. The summed E-state index contributed by atoms with van der Waals surface area (Å²) in [5, 5.41) is 2.17. The fourth-order valence-corrected chi connectivity index (χ4v) is 2.96. The van der Waals surface area contributed by atoms with Gasteiger partial charge in [0.2, 0.25) is 5.88 Å². The predicted octanol–water partition coefficient (Wildman–Crippen LogP) is 3.77. The molecule has 1 aliphatic rings. The number of hydrogen-bond donors (Lipinski definition) is 1. The summed E-state index contributed by atoms with van der Waals surface area (Å²) in [5.41, 5.74) is 0.256. The zero-order valence-corrected chi connectivity index (χ0v) is 13.9.